The van der Waals surface area contributed by atoms with Gasteiger partial charge in [0.2, 0.25) is 5.91 Å². The largest absolute Gasteiger partial charge is 0.334 e. The van der Waals surface area contributed by atoms with E-state index in [1.807, 2.05) is 4.68 Å². The minimum Gasteiger partial charge on any atom is -0.334 e. The van der Waals surface area contributed by atoms with E-state index in [1.165, 1.54) is 0 Å². The lowest BCUT2D eigenvalue weighted by Crippen LogP contribution is -2.45. The maximum absolute atomic E-state index is 11.6. The van der Waals surface area contributed by atoms with Crippen LogP contribution in [-0.2, 0) is 17.9 Å². The van der Waals surface area contributed by atoms with Gasteiger partial charge in [0.25, 0.3) is 0 Å². The zero-order chi connectivity index (χ0) is 10.1. The number of amides is 1. The lowest BCUT2D eigenvalue weighted by Gasteiger charge is -2.28. The predicted octanol–water partition coefficient (Wildman–Crippen LogP) is -1.03. The molecule has 76 valence electrons. The van der Waals surface area contributed by atoms with Crippen LogP contribution in [0.2, 0.25) is 0 Å². The van der Waals surface area contributed by atoms with Crippen molar-refractivity contribution >= 4 is 5.91 Å². The first kappa shape index (κ1) is 9.14. The number of carbonyl (C=O) groups is 1. The van der Waals surface area contributed by atoms with Gasteiger partial charge in [0.15, 0.2) is 0 Å². The lowest BCUT2D eigenvalue weighted by molar-refractivity contribution is -0.133. The molecule has 0 fully saturated rings. The predicted molar refractivity (Wildman–Crippen MR) is 49.1 cm³/mol. The van der Waals surface area contributed by atoms with Crippen molar-refractivity contribution < 1.29 is 4.79 Å². The van der Waals surface area contributed by atoms with Gasteiger partial charge >= 0.3 is 0 Å². The van der Waals surface area contributed by atoms with Gasteiger partial charge in [-0.25, -0.2) is 4.68 Å². The molecule has 6 heteroatoms. The van der Waals surface area contributed by atoms with Gasteiger partial charge in [-0.3, -0.25) is 4.79 Å². The Labute approximate surface area is 81.7 Å². The van der Waals surface area contributed by atoms with Crippen LogP contribution >= 0.6 is 0 Å². The molecule has 2 rings (SSSR count). The van der Waals surface area contributed by atoms with E-state index in [0.29, 0.717) is 19.6 Å². The van der Waals surface area contributed by atoms with E-state index >= 15 is 0 Å². The Morgan fingerprint density at radius 1 is 1.64 bits per heavy atom. The zero-order valence-electron chi connectivity index (χ0n) is 8.05. The van der Waals surface area contributed by atoms with Crippen LogP contribution in [0.15, 0.2) is 6.20 Å². The Bertz CT molecular complexity index is 345. The van der Waals surface area contributed by atoms with Crippen LogP contribution in [0.25, 0.3) is 0 Å². The molecule has 2 N–H and O–H groups in total. The Morgan fingerprint density at radius 2 is 2.43 bits per heavy atom. The van der Waals surface area contributed by atoms with Crippen LogP contribution in [0.5, 0.6) is 0 Å². The molecule has 1 amide bonds. The third kappa shape index (κ3) is 1.48. The summed E-state index contributed by atoms with van der Waals surface area (Å²) in [6.45, 7) is 3.63. The van der Waals surface area contributed by atoms with E-state index in [9.17, 15) is 4.79 Å². The number of hydrogen-bond acceptors (Lipinski definition) is 4. The second-order valence-electron chi connectivity index (χ2n) is 3.50. The van der Waals surface area contributed by atoms with E-state index in [-0.39, 0.29) is 5.91 Å². The monoisotopic (exact) mass is 195 g/mol. The zero-order valence-corrected chi connectivity index (χ0v) is 8.05. The topological polar surface area (TPSA) is 77.0 Å². The number of carbonyl (C=O) groups excluding carboxylic acids is 1. The van der Waals surface area contributed by atoms with Crippen molar-refractivity contribution in [3.8, 4) is 0 Å². The van der Waals surface area contributed by atoms with Crippen molar-refractivity contribution in [1.82, 2.24) is 19.9 Å². The summed E-state index contributed by atoms with van der Waals surface area (Å²) < 4.78 is 1.81. The van der Waals surface area contributed by atoms with Gasteiger partial charge in [0.05, 0.1) is 31.0 Å². The van der Waals surface area contributed by atoms with Crippen LogP contribution < -0.4 is 5.73 Å². The van der Waals surface area contributed by atoms with Crippen LogP contribution in [0.3, 0.4) is 0 Å². The maximum atomic E-state index is 11.6. The molecule has 1 aliphatic rings. The van der Waals surface area contributed by atoms with Gasteiger partial charge in [0.1, 0.15) is 0 Å². The van der Waals surface area contributed by atoms with E-state index in [1.54, 1.807) is 18.0 Å². The van der Waals surface area contributed by atoms with Gasteiger partial charge < -0.3 is 10.6 Å². The second kappa shape index (κ2) is 3.38. The third-order valence-corrected chi connectivity index (χ3v) is 2.33. The molecule has 14 heavy (non-hydrogen) atoms. The van der Waals surface area contributed by atoms with E-state index in [2.05, 4.69) is 10.3 Å². The molecular formula is C8H13N5O. The highest BCUT2D eigenvalue weighted by molar-refractivity contribution is 5.81. The van der Waals surface area contributed by atoms with Crippen molar-refractivity contribution in [3.63, 3.8) is 0 Å². The maximum Gasteiger partial charge on any atom is 0.239 e. The number of rotatable bonds is 1. The summed E-state index contributed by atoms with van der Waals surface area (Å²) >= 11 is 0. The van der Waals surface area contributed by atoms with Crippen molar-refractivity contribution in [2.24, 2.45) is 5.73 Å². The molecule has 1 aromatic heterocycles. The Balaban J connectivity index is 2.11. The molecule has 0 radical (unpaired) electrons. The van der Waals surface area contributed by atoms with Gasteiger partial charge in [-0.05, 0) is 6.92 Å². The molecular weight excluding hydrogens is 182 g/mol. The summed E-state index contributed by atoms with van der Waals surface area (Å²) in [5.74, 6) is -0.0162. The third-order valence-electron chi connectivity index (χ3n) is 2.33. The Hall–Kier alpha value is -1.43. The van der Waals surface area contributed by atoms with E-state index < -0.39 is 6.04 Å². The minimum atomic E-state index is -0.433. The molecule has 1 atom stereocenters. The lowest BCUT2D eigenvalue weighted by atomic mass is 10.2. The van der Waals surface area contributed by atoms with Crippen LogP contribution in [-0.4, -0.2) is 38.4 Å². The first-order valence-electron chi connectivity index (χ1n) is 4.60. The summed E-state index contributed by atoms with van der Waals surface area (Å²) in [4.78, 5) is 13.3. The van der Waals surface area contributed by atoms with Gasteiger partial charge in [0, 0.05) is 6.54 Å². The standard InChI is InChI=1S/C8H13N5O/c1-6(9)8(14)12-2-3-13-7(5-12)4-10-11-13/h4,6H,2-3,5,9H2,1H3. The fourth-order valence-electron chi connectivity index (χ4n) is 1.56. The molecule has 0 spiro atoms. The van der Waals surface area contributed by atoms with Crippen molar-refractivity contribution in [2.45, 2.75) is 26.1 Å². The van der Waals surface area contributed by atoms with Gasteiger partial charge in [-0.1, -0.05) is 5.21 Å². The van der Waals surface area contributed by atoms with Gasteiger partial charge in [-0.15, -0.1) is 5.10 Å². The Morgan fingerprint density at radius 3 is 3.14 bits per heavy atom. The fourth-order valence-corrected chi connectivity index (χ4v) is 1.56. The fraction of sp³-hybridized carbons (Fsp3) is 0.625. The summed E-state index contributed by atoms with van der Waals surface area (Å²) in [6, 6.07) is -0.433. The summed E-state index contributed by atoms with van der Waals surface area (Å²) in [5.41, 5.74) is 6.50. The number of aromatic nitrogens is 3. The smallest absolute Gasteiger partial charge is 0.239 e. The Kier molecular flexibility index (Phi) is 2.20. The second-order valence-corrected chi connectivity index (χ2v) is 3.50. The van der Waals surface area contributed by atoms with Crippen LogP contribution in [0.1, 0.15) is 12.6 Å². The van der Waals surface area contributed by atoms with Crippen molar-refractivity contribution in [3.05, 3.63) is 11.9 Å². The molecule has 0 saturated heterocycles. The van der Waals surface area contributed by atoms with Crippen LogP contribution in [0, 0.1) is 0 Å². The molecule has 1 aromatic rings. The molecule has 0 aromatic carbocycles. The normalized spacial score (nSPS) is 17.7. The molecule has 6 nitrogen and oxygen atoms in total. The molecule has 1 unspecified atom stereocenters. The molecule has 1 aliphatic heterocycles. The average Bonchev–Trinajstić information content (AvgIpc) is 2.62. The first-order valence-corrected chi connectivity index (χ1v) is 4.60. The molecule has 0 bridgehead atoms. The minimum absolute atomic E-state index is 0.0162. The number of fused-ring (bicyclic) bond motifs is 1. The number of nitrogens with zero attached hydrogens (tertiary/aromatic N) is 4. The van der Waals surface area contributed by atoms with Crippen molar-refractivity contribution in [1.29, 1.82) is 0 Å². The molecule has 0 saturated carbocycles. The van der Waals surface area contributed by atoms with Crippen LogP contribution in [0.4, 0.5) is 0 Å². The quantitative estimate of drug-likeness (QED) is 0.621. The highest BCUT2D eigenvalue weighted by atomic mass is 16.2. The summed E-state index contributed by atoms with van der Waals surface area (Å²) in [6.07, 6.45) is 1.68. The SMILES string of the molecule is CC(N)C(=O)N1CCn2nncc2C1. The highest BCUT2D eigenvalue weighted by Gasteiger charge is 2.23. The van der Waals surface area contributed by atoms with E-state index in [0.717, 1.165) is 5.69 Å². The number of nitrogens with two attached hydrogens (primary N) is 1. The summed E-state index contributed by atoms with van der Waals surface area (Å²) in [5, 5.41) is 7.68. The molecule has 2 heterocycles. The summed E-state index contributed by atoms with van der Waals surface area (Å²) in [7, 11) is 0. The first-order chi connectivity index (χ1) is 6.68. The average molecular weight is 195 g/mol. The van der Waals surface area contributed by atoms with Gasteiger partial charge in [-0.2, -0.15) is 0 Å². The molecule has 0 aliphatic carbocycles. The highest BCUT2D eigenvalue weighted by Crippen LogP contribution is 2.10. The number of hydrogen-bond donors (Lipinski definition) is 1. The van der Waals surface area contributed by atoms with E-state index in [4.69, 9.17) is 5.73 Å². The van der Waals surface area contributed by atoms with Crippen molar-refractivity contribution in [2.75, 3.05) is 6.54 Å².